The van der Waals surface area contributed by atoms with E-state index in [0.717, 1.165) is 42.4 Å². The van der Waals surface area contributed by atoms with Crippen LogP contribution in [0.5, 0.6) is 0 Å². The second-order valence-corrected chi connectivity index (χ2v) is 4.19. The third-order valence-corrected chi connectivity index (χ3v) is 2.89. The van der Waals surface area contributed by atoms with Crippen molar-refractivity contribution in [1.29, 1.82) is 0 Å². The van der Waals surface area contributed by atoms with Gasteiger partial charge in [-0.3, -0.25) is 0 Å². The zero-order chi connectivity index (χ0) is 10.2. The quantitative estimate of drug-likeness (QED) is 0.686. The smallest absolute Gasteiger partial charge is 0.119 e. The van der Waals surface area contributed by atoms with E-state index in [1.54, 1.807) is 18.4 Å². The van der Waals surface area contributed by atoms with E-state index in [0.29, 0.717) is 0 Å². The van der Waals surface area contributed by atoms with Crippen molar-refractivity contribution in [2.24, 2.45) is 0 Å². The van der Waals surface area contributed by atoms with E-state index in [1.807, 2.05) is 7.05 Å². The van der Waals surface area contributed by atoms with E-state index >= 15 is 0 Å². The van der Waals surface area contributed by atoms with E-state index in [1.165, 1.54) is 0 Å². The molecule has 0 aromatic carbocycles. The summed E-state index contributed by atoms with van der Waals surface area (Å²) in [5.41, 5.74) is 0. The van der Waals surface area contributed by atoms with Crippen molar-refractivity contribution in [1.82, 2.24) is 15.5 Å². The average Bonchev–Trinajstić information content (AvgIpc) is 2.63. The molecule has 1 rings (SSSR count). The molecule has 0 saturated carbocycles. The second kappa shape index (κ2) is 6.86. The summed E-state index contributed by atoms with van der Waals surface area (Å²) in [5, 5.41) is 13.5. The van der Waals surface area contributed by atoms with Gasteiger partial charge in [-0.15, -0.1) is 21.5 Å². The topological polar surface area (TPSA) is 47.0 Å². The van der Waals surface area contributed by atoms with Gasteiger partial charge in [0.25, 0.3) is 0 Å². The number of aryl methyl sites for hydroxylation is 1. The van der Waals surface area contributed by atoms with E-state index in [9.17, 15) is 0 Å². The molecule has 0 unspecified atom stereocenters. The number of ether oxygens (including phenoxy) is 1. The maximum atomic E-state index is 4.98. The molecular formula is C9H17N3OS. The average molecular weight is 215 g/mol. The maximum absolute atomic E-state index is 4.98. The summed E-state index contributed by atoms with van der Waals surface area (Å²) in [7, 11) is 3.67. The second-order valence-electron chi connectivity index (χ2n) is 3.04. The fraction of sp³-hybridized carbons (Fsp3) is 0.778. The molecule has 0 aliphatic carbocycles. The highest BCUT2D eigenvalue weighted by Gasteiger charge is 2.03. The van der Waals surface area contributed by atoms with Crippen molar-refractivity contribution < 1.29 is 4.74 Å². The largest absolute Gasteiger partial charge is 0.384 e. The van der Waals surface area contributed by atoms with Crippen LogP contribution in [0.1, 0.15) is 16.4 Å². The van der Waals surface area contributed by atoms with Crippen LogP contribution in [0.2, 0.25) is 0 Å². The van der Waals surface area contributed by atoms with Crippen LogP contribution < -0.4 is 5.32 Å². The SMILES string of the molecule is CNCCCc1nnc(CCOC)s1. The minimum absolute atomic E-state index is 0.727. The summed E-state index contributed by atoms with van der Waals surface area (Å²) in [6.07, 6.45) is 3.01. The van der Waals surface area contributed by atoms with Gasteiger partial charge in [-0.2, -0.15) is 0 Å². The standard InChI is InChI=1S/C9H17N3OS/c1-10-6-3-4-8-11-12-9(14-8)5-7-13-2/h10H,3-7H2,1-2H3. The summed E-state index contributed by atoms with van der Waals surface area (Å²) in [6, 6.07) is 0. The number of hydrogen-bond donors (Lipinski definition) is 1. The van der Waals surface area contributed by atoms with Gasteiger partial charge in [-0.1, -0.05) is 0 Å². The molecule has 1 heterocycles. The Labute approximate surface area is 88.7 Å². The van der Waals surface area contributed by atoms with Gasteiger partial charge in [0.15, 0.2) is 0 Å². The minimum Gasteiger partial charge on any atom is -0.384 e. The highest BCUT2D eigenvalue weighted by Crippen LogP contribution is 2.11. The molecule has 1 aromatic heterocycles. The van der Waals surface area contributed by atoms with Gasteiger partial charge in [-0.25, -0.2) is 0 Å². The van der Waals surface area contributed by atoms with E-state index in [2.05, 4.69) is 15.5 Å². The summed E-state index contributed by atoms with van der Waals surface area (Å²) in [4.78, 5) is 0. The lowest BCUT2D eigenvalue weighted by atomic mass is 10.3. The molecular weight excluding hydrogens is 198 g/mol. The fourth-order valence-electron chi connectivity index (χ4n) is 1.10. The van der Waals surface area contributed by atoms with Crippen molar-refractivity contribution in [3.8, 4) is 0 Å². The summed E-state index contributed by atoms with van der Waals surface area (Å²) in [5.74, 6) is 0. The van der Waals surface area contributed by atoms with Crippen LogP contribution in [0.3, 0.4) is 0 Å². The van der Waals surface area contributed by atoms with Crippen LogP contribution >= 0.6 is 11.3 Å². The van der Waals surface area contributed by atoms with Gasteiger partial charge in [0.1, 0.15) is 10.0 Å². The van der Waals surface area contributed by atoms with Gasteiger partial charge in [0, 0.05) is 20.0 Å². The molecule has 0 radical (unpaired) electrons. The number of nitrogens with one attached hydrogen (secondary N) is 1. The predicted octanol–water partition coefficient (Wildman–Crippen LogP) is 0.879. The zero-order valence-corrected chi connectivity index (χ0v) is 9.56. The molecule has 4 nitrogen and oxygen atoms in total. The molecule has 0 atom stereocenters. The van der Waals surface area contributed by atoms with Crippen molar-refractivity contribution in [3.63, 3.8) is 0 Å². The molecule has 80 valence electrons. The third kappa shape index (κ3) is 4.13. The van der Waals surface area contributed by atoms with E-state index in [-0.39, 0.29) is 0 Å². The Morgan fingerprint density at radius 1 is 1.29 bits per heavy atom. The molecule has 0 aliphatic heterocycles. The molecule has 0 saturated heterocycles. The Kier molecular flexibility index (Phi) is 5.66. The molecule has 0 aliphatic rings. The van der Waals surface area contributed by atoms with Crippen molar-refractivity contribution in [2.45, 2.75) is 19.3 Å². The molecule has 5 heteroatoms. The molecule has 1 N–H and O–H groups in total. The van der Waals surface area contributed by atoms with Crippen LogP contribution in [0.25, 0.3) is 0 Å². The number of rotatable bonds is 7. The Balaban J connectivity index is 2.27. The third-order valence-electron chi connectivity index (χ3n) is 1.85. The summed E-state index contributed by atoms with van der Waals surface area (Å²) < 4.78 is 4.98. The summed E-state index contributed by atoms with van der Waals surface area (Å²) in [6.45, 7) is 1.76. The first-order chi connectivity index (χ1) is 6.86. The minimum atomic E-state index is 0.727. The van der Waals surface area contributed by atoms with E-state index < -0.39 is 0 Å². The lowest BCUT2D eigenvalue weighted by Gasteiger charge is -1.94. The molecule has 0 bridgehead atoms. The Morgan fingerprint density at radius 3 is 2.64 bits per heavy atom. The maximum Gasteiger partial charge on any atom is 0.119 e. The molecule has 14 heavy (non-hydrogen) atoms. The fourth-order valence-corrected chi connectivity index (χ4v) is 1.96. The highest BCUT2D eigenvalue weighted by atomic mass is 32.1. The van der Waals surface area contributed by atoms with Crippen LogP contribution in [0.15, 0.2) is 0 Å². The van der Waals surface area contributed by atoms with Gasteiger partial charge in [0.2, 0.25) is 0 Å². The predicted molar refractivity (Wildman–Crippen MR) is 57.7 cm³/mol. The first kappa shape index (κ1) is 11.6. The Morgan fingerprint density at radius 2 is 2.00 bits per heavy atom. The highest BCUT2D eigenvalue weighted by molar-refractivity contribution is 7.11. The number of hydrogen-bond acceptors (Lipinski definition) is 5. The summed E-state index contributed by atoms with van der Waals surface area (Å²) >= 11 is 1.69. The van der Waals surface area contributed by atoms with Crippen molar-refractivity contribution in [3.05, 3.63) is 10.0 Å². The molecule has 0 amide bonds. The van der Waals surface area contributed by atoms with Gasteiger partial charge < -0.3 is 10.1 Å². The monoisotopic (exact) mass is 215 g/mol. The van der Waals surface area contributed by atoms with Crippen LogP contribution in [-0.4, -0.2) is 37.5 Å². The molecule has 1 aromatic rings. The first-order valence-electron chi connectivity index (χ1n) is 4.81. The van der Waals surface area contributed by atoms with Gasteiger partial charge in [-0.05, 0) is 20.0 Å². The van der Waals surface area contributed by atoms with E-state index in [4.69, 9.17) is 4.74 Å². The van der Waals surface area contributed by atoms with Crippen molar-refractivity contribution in [2.75, 3.05) is 27.3 Å². The molecule has 0 fully saturated rings. The van der Waals surface area contributed by atoms with Crippen LogP contribution in [-0.2, 0) is 17.6 Å². The van der Waals surface area contributed by atoms with Gasteiger partial charge in [0.05, 0.1) is 6.61 Å². The van der Waals surface area contributed by atoms with Crippen molar-refractivity contribution >= 4 is 11.3 Å². The normalized spacial score (nSPS) is 10.7. The number of nitrogens with zero attached hydrogens (tertiary/aromatic N) is 2. The molecule has 0 spiro atoms. The number of methoxy groups -OCH3 is 1. The Hall–Kier alpha value is -0.520. The zero-order valence-electron chi connectivity index (χ0n) is 8.75. The van der Waals surface area contributed by atoms with Crippen LogP contribution in [0.4, 0.5) is 0 Å². The van der Waals surface area contributed by atoms with Gasteiger partial charge >= 0.3 is 0 Å². The lowest BCUT2D eigenvalue weighted by molar-refractivity contribution is 0.202. The number of aromatic nitrogens is 2. The van der Waals surface area contributed by atoms with Crippen LogP contribution in [0, 0.1) is 0 Å². The lowest BCUT2D eigenvalue weighted by Crippen LogP contribution is -2.08. The Bertz CT molecular complexity index is 252. The first-order valence-corrected chi connectivity index (χ1v) is 5.63.